The van der Waals surface area contributed by atoms with E-state index in [1.807, 2.05) is 31.2 Å². The molecule has 1 saturated heterocycles. The van der Waals surface area contributed by atoms with Gasteiger partial charge in [-0.3, -0.25) is 0 Å². The van der Waals surface area contributed by atoms with Crippen molar-refractivity contribution >= 4 is 10.2 Å². The Morgan fingerprint density at radius 3 is 2.56 bits per heavy atom. The molecule has 1 aromatic carbocycles. The Bertz CT molecular complexity index is 642. The molecule has 0 spiro atoms. The van der Waals surface area contributed by atoms with Crippen molar-refractivity contribution in [1.82, 2.24) is 8.61 Å². The third kappa shape index (κ3) is 5.17. The quantitative estimate of drug-likeness (QED) is 0.705. The van der Waals surface area contributed by atoms with Crippen LogP contribution in [0.15, 0.2) is 24.3 Å². The topological polar surface area (TPSA) is 59.1 Å². The van der Waals surface area contributed by atoms with Crippen molar-refractivity contribution in [2.24, 2.45) is 5.92 Å². The zero-order valence-electron chi connectivity index (χ0n) is 15.6. The number of benzene rings is 1. The molecule has 142 valence electrons. The Kier molecular flexibility index (Phi) is 7.25. The van der Waals surface area contributed by atoms with Crippen molar-refractivity contribution in [2.75, 3.05) is 33.9 Å². The van der Waals surface area contributed by atoms with E-state index in [1.54, 1.807) is 22.8 Å². The van der Waals surface area contributed by atoms with Gasteiger partial charge in [0, 0.05) is 32.8 Å². The lowest BCUT2D eigenvalue weighted by molar-refractivity contribution is 0.132. The molecule has 1 atom stereocenters. The van der Waals surface area contributed by atoms with Gasteiger partial charge in [0.15, 0.2) is 0 Å². The number of hydrogen-bond donors (Lipinski definition) is 0. The summed E-state index contributed by atoms with van der Waals surface area (Å²) in [4.78, 5) is 0. The molecular formula is C18H30N2O4S. The summed E-state index contributed by atoms with van der Waals surface area (Å²) in [5, 5.41) is 0. The van der Waals surface area contributed by atoms with E-state index in [9.17, 15) is 8.42 Å². The highest BCUT2D eigenvalue weighted by Crippen LogP contribution is 2.24. The minimum Gasteiger partial charge on any atom is -0.497 e. The summed E-state index contributed by atoms with van der Waals surface area (Å²) in [6.07, 6.45) is 1.82. The summed E-state index contributed by atoms with van der Waals surface area (Å²) in [6, 6.07) is 7.28. The second-order valence-electron chi connectivity index (χ2n) is 6.79. The van der Waals surface area contributed by atoms with Crippen LogP contribution in [0.1, 0.15) is 32.3 Å². The van der Waals surface area contributed by atoms with Crippen LogP contribution in [0.3, 0.4) is 0 Å². The normalized spacial score (nSPS) is 18.4. The van der Waals surface area contributed by atoms with Gasteiger partial charge in [-0.15, -0.1) is 0 Å². The molecule has 1 fully saturated rings. The van der Waals surface area contributed by atoms with E-state index in [-0.39, 0.29) is 6.04 Å². The largest absolute Gasteiger partial charge is 0.497 e. The van der Waals surface area contributed by atoms with Gasteiger partial charge in [-0.05, 0) is 43.4 Å². The molecule has 0 aromatic heterocycles. The van der Waals surface area contributed by atoms with E-state index in [1.165, 1.54) is 0 Å². The Labute approximate surface area is 151 Å². The summed E-state index contributed by atoms with van der Waals surface area (Å²) in [7, 11) is -0.341. The van der Waals surface area contributed by atoms with Crippen molar-refractivity contribution in [2.45, 2.75) is 39.3 Å². The fraction of sp³-hybridized carbons (Fsp3) is 0.667. The summed E-state index contributed by atoms with van der Waals surface area (Å²) in [5.41, 5.74) is 0.899. The fourth-order valence-electron chi connectivity index (χ4n) is 3.10. The van der Waals surface area contributed by atoms with Gasteiger partial charge in [-0.2, -0.15) is 17.0 Å². The number of hydrogen-bond acceptors (Lipinski definition) is 4. The van der Waals surface area contributed by atoms with Crippen LogP contribution in [0.4, 0.5) is 0 Å². The molecular weight excluding hydrogens is 340 g/mol. The molecule has 0 bridgehead atoms. The summed E-state index contributed by atoms with van der Waals surface area (Å²) in [6.45, 7) is 5.87. The Balaban J connectivity index is 2.25. The molecule has 6 nitrogen and oxygen atoms in total. The second-order valence-corrected chi connectivity index (χ2v) is 8.67. The SMILES string of the molecule is COCC(C)N(Cc1cccc(OC)c1)S(=O)(=O)N1CCC(C)CC1. The second kappa shape index (κ2) is 8.98. The van der Waals surface area contributed by atoms with Crippen LogP contribution in [0.25, 0.3) is 0 Å². The maximum absolute atomic E-state index is 13.2. The number of methoxy groups -OCH3 is 2. The van der Waals surface area contributed by atoms with Crippen molar-refractivity contribution < 1.29 is 17.9 Å². The first-order chi connectivity index (χ1) is 11.9. The van der Waals surface area contributed by atoms with Crippen LogP contribution in [0.5, 0.6) is 5.75 Å². The van der Waals surface area contributed by atoms with E-state index >= 15 is 0 Å². The smallest absolute Gasteiger partial charge is 0.282 e. The third-order valence-corrected chi connectivity index (χ3v) is 6.84. The van der Waals surface area contributed by atoms with Crippen LogP contribution >= 0.6 is 0 Å². The van der Waals surface area contributed by atoms with E-state index in [2.05, 4.69) is 6.92 Å². The number of nitrogens with zero attached hydrogens (tertiary/aromatic N) is 2. The zero-order valence-corrected chi connectivity index (χ0v) is 16.5. The van der Waals surface area contributed by atoms with E-state index in [0.717, 1.165) is 24.2 Å². The predicted octanol–water partition coefficient (Wildman–Crippen LogP) is 2.51. The highest BCUT2D eigenvalue weighted by Gasteiger charge is 2.35. The Morgan fingerprint density at radius 1 is 1.28 bits per heavy atom. The van der Waals surface area contributed by atoms with E-state index in [0.29, 0.717) is 32.2 Å². The first kappa shape index (κ1) is 20.2. The van der Waals surface area contributed by atoms with Crippen molar-refractivity contribution in [1.29, 1.82) is 0 Å². The molecule has 0 radical (unpaired) electrons. The van der Waals surface area contributed by atoms with E-state index < -0.39 is 10.2 Å². The monoisotopic (exact) mass is 370 g/mol. The molecule has 1 aliphatic heterocycles. The van der Waals surface area contributed by atoms with Crippen LogP contribution in [0, 0.1) is 5.92 Å². The fourth-order valence-corrected chi connectivity index (χ4v) is 4.90. The minimum atomic E-state index is -3.54. The van der Waals surface area contributed by atoms with Crippen LogP contribution < -0.4 is 4.74 Å². The van der Waals surface area contributed by atoms with Crippen molar-refractivity contribution in [3.63, 3.8) is 0 Å². The van der Waals surface area contributed by atoms with Gasteiger partial charge < -0.3 is 9.47 Å². The lowest BCUT2D eigenvalue weighted by atomic mass is 10.0. The van der Waals surface area contributed by atoms with Gasteiger partial charge in [0.1, 0.15) is 5.75 Å². The third-order valence-electron chi connectivity index (χ3n) is 4.74. The number of rotatable bonds is 8. The first-order valence-corrected chi connectivity index (χ1v) is 10.2. The predicted molar refractivity (Wildman–Crippen MR) is 98.8 cm³/mol. The van der Waals surface area contributed by atoms with Gasteiger partial charge in [-0.25, -0.2) is 0 Å². The molecule has 0 amide bonds. The average Bonchev–Trinajstić information content (AvgIpc) is 2.60. The minimum absolute atomic E-state index is 0.249. The van der Waals surface area contributed by atoms with Gasteiger partial charge in [0.2, 0.25) is 0 Å². The zero-order chi connectivity index (χ0) is 18.4. The average molecular weight is 371 g/mol. The van der Waals surface area contributed by atoms with E-state index in [4.69, 9.17) is 9.47 Å². The molecule has 25 heavy (non-hydrogen) atoms. The highest BCUT2D eigenvalue weighted by molar-refractivity contribution is 7.86. The Morgan fingerprint density at radius 2 is 1.96 bits per heavy atom. The molecule has 7 heteroatoms. The molecule has 0 N–H and O–H groups in total. The standard InChI is InChI=1S/C18H30N2O4S/c1-15-8-10-19(11-9-15)25(21,22)20(16(2)14-23-3)13-17-6-5-7-18(12-17)24-4/h5-7,12,15-16H,8-11,13-14H2,1-4H3. The molecule has 0 aliphatic carbocycles. The lowest BCUT2D eigenvalue weighted by Crippen LogP contribution is -2.50. The van der Waals surface area contributed by atoms with Crippen molar-refractivity contribution in [3.05, 3.63) is 29.8 Å². The highest BCUT2D eigenvalue weighted by atomic mass is 32.2. The number of piperidine rings is 1. The Hall–Kier alpha value is -1.15. The molecule has 0 saturated carbocycles. The van der Waals surface area contributed by atoms with Gasteiger partial charge in [-0.1, -0.05) is 19.1 Å². The maximum Gasteiger partial charge on any atom is 0.282 e. The lowest BCUT2D eigenvalue weighted by Gasteiger charge is -2.36. The van der Waals surface area contributed by atoms with Gasteiger partial charge in [0.25, 0.3) is 10.2 Å². The molecule has 1 unspecified atom stereocenters. The molecule has 2 rings (SSSR count). The van der Waals surface area contributed by atoms with Gasteiger partial charge in [0.05, 0.1) is 13.7 Å². The first-order valence-electron chi connectivity index (χ1n) is 8.77. The van der Waals surface area contributed by atoms with Crippen LogP contribution in [-0.4, -0.2) is 57.0 Å². The molecule has 1 aliphatic rings. The maximum atomic E-state index is 13.2. The van der Waals surface area contributed by atoms with Gasteiger partial charge >= 0.3 is 0 Å². The van der Waals surface area contributed by atoms with Crippen LogP contribution in [-0.2, 0) is 21.5 Å². The molecule has 1 aromatic rings. The van der Waals surface area contributed by atoms with Crippen molar-refractivity contribution in [3.8, 4) is 5.75 Å². The number of ether oxygens (including phenoxy) is 2. The van der Waals surface area contributed by atoms with Crippen LogP contribution in [0.2, 0.25) is 0 Å². The molecule has 1 heterocycles. The summed E-state index contributed by atoms with van der Waals surface area (Å²) in [5.74, 6) is 1.30. The summed E-state index contributed by atoms with van der Waals surface area (Å²) >= 11 is 0. The summed E-state index contributed by atoms with van der Waals surface area (Å²) < 4.78 is 40.1.